The summed E-state index contributed by atoms with van der Waals surface area (Å²) < 4.78 is 24.1. The molecule has 0 aliphatic carbocycles. The highest BCUT2D eigenvalue weighted by Gasteiger charge is 2.38. The molecule has 0 aromatic heterocycles. The molecule has 2 atom stereocenters. The Labute approximate surface area is 123 Å². The molecule has 21 heavy (non-hydrogen) atoms. The van der Waals surface area contributed by atoms with Crippen LogP contribution >= 0.6 is 0 Å². The number of benzene rings is 1. The Balaban J connectivity index is 1.84. The van der Waals surface area contributed by atoms with Crippen LogP contribution < -0.4 is 9.64 Å². The van der Waals surface area contributed by atoms with Crippen LogP contribution in [0.15, 0.2) is 18.2 Å². The van der Waals surface area contributed by atoms with E-state index in [4.69, 9.17) is 9.47 Å². The minimum absolute atomic E-state index is 0.0215. The number of rotatable bonds is 2. The van der Waals surface area contributed by atoms with E-state index < -0.39 is 0 Å². The molecule has 2 aliphatic rings. The number of likely N-dealkylation sites (tertiary alicyclic amines) is 1. The third kappa shape index (κ3) is 2.61. The van der Waals surface area contributed by atoms with Gasteiger partial charge in [0.25, 0.3) is 0 Å². The van der Waals surface area contributed by atoms with Crippen molar-refractivity contribution in [2.45, 2.75) is 18.6 Å². The average molecular weight is 294 g/mol. The van der Waals surface area contributed by atoms with Crippen molar-refractivity contribution in [3.8, 4) is 5.75 Å². The fraction of sp³-hybridized carbons (Fsp3) is 0.533. The molecule has 3 rings (SSSR count). The van der Waals surface area contributed by atoms with Crippen molar-refractivity contribution in [1.82, 2.24) is 4.90 Å². The zero-order valence-electron chi connectivity index (χ0n) is 12.2. The topological polar surface area (TPSA) is 42.0 Å². The minimum Gasteiger partial charge on any atom is -0.489 e. The highest BCUT2D eigenvalue weighted by molar-refractivity contribution is 5.99. The second-order valence-corrected chi connectivity index (χ2v) is 5.50. The lowest BCUT2D eigenvalue weighted by atomic mass is 10.1. The number of methoxy groups -OCH3 is 1. The van der Waals surface area contributed by atoms with E-state index >= 15 is 0 Å². The predicted octanol–water partition coefficient (Wildman–Crippen LogP) is 1.27. The van der Waals surface area contributed by atoms with Crippen LogP contribution in [-0.4, -0.2) is 56.8 Å². The molecular formula is C15H19FN2O3. The molecule has 2 heterocycles. The first-order chi connectivity index (χ1) is 10.1. The molecule has 0 bridgehead atoms. The summed E-state index contributed by atoms with van der Waals surface area (Å²) in [5.41, 5.74) is 0.641. The SMILES string of the molecule is CO[C@H]1C[C@@H](C(=O)N2CCOc3cc(F)ccc32)N(C)C1. The van der Waals surface area contributed by atoms with Gasteiger partial charge in [0.05, 0.1) is 24.4 Å². The molecule has 0 spiro atoms. The Morgan fingerprint density at radius 2 is 2.29 bits per heavy atom. The normalized spacial score (nSPS) is 25.6. The number of carbonyl (C=O) groups excluding carboxylic acids is 1. The van der Waals surface area contributed by atoms with E-state index in [-0.39, 0.29) is 23.9 Å². The van der Waals surface area contributed by atoms with Gasteiger partial charge in [-0.05, 0) is 25.6 Å². The number of hydrogen-bond acceptors (Lipinski definition) is 4. The van der Waals surface area contributed by atoms with Crippen molar-refractivity contribution in [2.75, 3.05) is 38.8 Å². The molecular weight excluding hydrogens is 275 g/mol. The molecule has 1 amide bonds. The van der Waals surface area contributed by atoms with E-state index in [1.54, 1.807) is 18.1 Å². The van der Waals surface area contributed by atoms with E-state index in [0.717, 1.165) is 6.54 Å². The predicted molar refractivity (Wildman–Crippen MR) is 76.1 cm³/mol. The van der Waals surface area contributed by atoms with Crippen LogP contribution in [0, 0.1) is 5.82 Å². The molecule has 114 valence electrons. The standard InChI is InChI=1S/C15H19FN2O3/c1-17-9-11(20-2)8-13(17)15(19)18-5-6-21-14-7-10(16)3-4-12(14)18/h3-4,7,11,13H,5-6,8-9H2,1-2H3/t11-,13-/m0/s1. The molecule has 0 saturated carbocycles. The van der Waals surface area contributed by atoms with Crippen molar-refractivity contribution >= 4 is 11.6 Å². The number of halogens is 1. The first-order valence-corrected chi connectivity index (χ1v) is 7.07. The van der Waals surface area contributed by atoms with Crippen molar-refractivity contribution in [2.24, 2.45) is 0 Å². The van der Waals surface area contributed by atoms with Gasteiger partial charge >= 0.3 is 0 Å². The lowest BCUT2D eigenvalue weighted by molar-refractivity contribution is -0.122. The van der Waals surface area contributed by atoms with Gasteiger partial charge in [-0.3, -0.25) is 9.69 Å². The molecule has 2 aliphatic heterocycles. The number of fused-ring (bicyclic) bond motifs is 1. The quantitative estimate of drug-likeness (QED) is 0.824. The second kappa shape index (κ2) is 5.61. The van der Waals surface area contributed by atoms with Gasteiger partial charge in [-0.15, -0.1) is 0 Å². The molecule has 1 aromatic carbocycles. The summed E-state index contributed by atoms with van der Waals surface area (Å²) in [6, 6.07) is 4.07. The molecule has 6 heteroatoms. The Bertz CT molecular complexity index is 552. The second-order valence-electron chi connectivity index (χ2n) is 5.50. The highest BCUT2D eigenvalue weighted by atomic mass is 19.1. The number of carbonyl (C=O) groups is 1. The number of amides is 1. The highest BCUT2D eigenvalue weighted by Crippen LogP contribution is 2.33. The number of nitrogens with zero attached hydrogens (tertiary/aromatic N) is 2. The van der Waals surface area contributed by atoms with Crippen molar-refractivity contribution < 1.29 is 18.7 Å². The van der Waals surface area contributed by atoms with Gasteiger partial charge in [0.15, 0.2) is 0 Å². The van der Waals surface area contributed by atoms with Gasteiger partial charge in [-0.2, -0.15) is 0 Å². The minimum atomic E-state index is -0.361. The molecule has 1 fully saturated rings. The van der Waals surface area contributed by atoms with Crippen molar-refractivity contribution in [3.63, 3.8) is 0 Å². The summed E-state index contributed by atoms with van der Waals surface area (Å²) in [6.07, 6.45) is 0.761. The first-order valence-electron chi connectivity index (χ1n) is 7.07. The molecule has 0 unspecified atom stereocenters. The Morgan fingerprint density at radius 1 is 1.48 bits per heavy atom. The monoisotopic (exact) mass is 294 g/mol. The third-order valence-corrected chi connectivity index (χ3v) is 4.18. The molecule has 0 radical (unpaired) electrons. The number of ether oxygens (including phenoxy) is 2. The largest absolute Gasteiger partial charge is 0.489 e. The van der Waals surface area contributed by atoms with Crippen molar-refractivity contribution in [3.05, 3.63) is 24.0 Å². The van der Waals surface area contributed by atoms with Crippen LogP contribution in [0.25, 0.3) is 0 Å². The fourth-order valence-electron chi connectivity index (χ4n) is 3.01. The van der Waals surface area contributed by atoms with Crippen LogP contribution in [0.1, 0.15) is 6.42 Å². The molecule has 1 saturated heterocycles. The lowest BCUT2D eigenvalue weighted by Gasteiger charge is -2.32. The summed E-state index contributed by atoms with van der Waals surface area (Å²) in [5.74, 6) is 0.0900. The maximum atomic E-state index is 13.3. The van der Waals surface area contributed by atoms with Crippen LogP contribution in [-0.2, 0) is 9.53 Å². The van der Waals surface area contributed by atoms with Crippen LogP contribution in [0.4, 0.5) is 10.1 Å². The first kappa shape index (κ1) is 14.3. The summed E-state index contributed by atoms with van der Waals surface area (Å²) in [6.45, 7) is 1.61. The van der Waals surface area contributed by atoms with Gasteiger partial charge in [0.2, 0.25) is 5.91 Å². The Hall–Kier alpha value is -1.66. The van der Waals surface area contributed by atoms with E-state index in [0.29, 0.717) is 31.0 Å². The van der Waals surface area contributed by atoms with Gasteiger partial charge < -0.3 is 14.4 Å². The number of anilines is 1. The average Bonchev–Trinajstić information content (AvgIpc) is 2.86. The van der Waals surface area contributed by atoms with Gasteiger partial charge in [0, 0.05) is 19.7 Å². The Morgan fingerprint density at radius 3 is 3.00 bits per heavy atom. The third-order valence-electron chi connectivity index (χ3n) is 4.18. The van der Waals surface area contributed by atoms with Gasteiger partial charge in [0.1, 0.15) is 18.2 Å². The zero-order valence-corrected chi connectivity index (χ0v) is 12.2. The fourth-order valence-corrected chi connectivity index (χ4v) is 3.01. The summed E-state index contributed by atoms with van der Waals surface area (Å²) in [4.78, 5) is 16.5. The van der Waals surface area contributed by atoms with Crippen LogP contribution in [0.2, 0.25) is 0 Å². The molecule has 0 N–H and O–H groups in total. The smallest absolute Gasteiger partial charge is 0.244 e. The Kier molecular flexibility index (Phi) is 3.82. The summed E-state index contributed by atoms with van der Waals surface area (Å²) >= 11 is 0. The van der Waals surface area contributed by atoms with E-state index in [1.165, 1.54) is 12.1 Å². The summed E-state index contributed by atoms with van der Waals surface area (Å²) in [5, 5.41) is 0. The molecule has 5 nitrogen and oxygen atoms in total. The number of likely N-dealkylation sites (N-methyl/N-ethyl adjacent to an activating group) is 1. The van der Waals surface area contributed by atoms with Gasteiger partial charge in [-0.25, -0.2) is 4.39 Å². The number of hydrogen-bond donors (Lipinski definition) is 0. The van der Waals surface area contributed by atoms with Crippen molar-refractivity contribution in [1.29, 1.82) is 0 Å². The maximum absolute atomic E-state index is 13.3. The lowest BCUT2D eigenvalue weighted by Crippen LogP contribution is -2.47. The van der Waals surface area contributed by atoms with E-state index in [2.05, 4.69) is 0 Å². The van der Waals surface area contributed by atoms with Crippen LogP contribution in [0.3, 0.4) is 0 Å². The van der Waals surface area contributed by atoms with E-state index in [9.17, 15) is 9.18 Å². The van der Waals surface area contributed by atoms with Gasteiger partial charge in [-0.1, -0.05) is 0 Å². The zero-order chi connectivity index (χ0) is 15.0. The van der Waals surface area contributed by atoms with Crippen LogP contribution in [0.5, 0.6) is 5.75 Å². The maximum Gasteiger partial charge on any atom is 0.244 e. The summed E-state index contributed by atoms with van der Waals surface area (Å²) in [7, 11) is 3.59. The molecule has 1 aromatic rings. The van der Waals surface area contributed by atoms with E-state index in [1.807, 2.05) is 11.9 Å².